The number of nitrogens with two attached hydrogens (primary N) is 1. The summed E-state index contributed by atoms with van der Waals surface area (Å²) in [5.41, 5.74) is 7.80. The molecular weight excluding hydrogens is 465 g/mol. The number of anilines is 1. The quantitative estimate of drug-likeness (QED) is 0.335. The zero-order chi connectivity index (χ0) is 18.2. The van der Waals surface area contributed by atoms with E-state index >= 15 is 0 Å². The molecule has 0 aliphatic heterocycles. The number of ether oxygens (including phenoxy) is 2. The molecule has 0 aliphatic rings. The van der Waals surface area contributed by atoms with Crippen molar-refractivity contribution < 1.29 is 9.47 Å². The third-order valence-electron chi connectivity index (χ3n) is 3.42. The summed E-state index contributed by atoms with van der Waals surface area (Å²) >= 11 is 6.22. The van der Waals surface area contributed by atoms with E-state index in [1.807, 2.05) is 50.2 Å². The normalized spacial score (nSPS) is 11.0. The number of aliphatic imine (C=N–C) groups is 1. The molecule has 0 amide bonds. The maximum absolute atomic E-state index is 6.22. The van der Waals surface area contributed by atoms with Gasteiger partial charge in [0.05, 0.1) is 13.2 Å². The molecule has 0 bridgehead atoms. The SMILES string of the molecule is COc1ccc(CCN=C(N)Nc2ccc(OC(C)C)cc2)c(Cl)c1.I. The Kier molecular flexibility index (Phi) is 9.58. The van der Waals surface area contributed by atoms with Gasteiger partial charge in [0.2, 0.25) is 0 Å². The van der Waals surface area contributed by atoms with E-state index < -0.39 is 0 Å². The fraction of sp³-hybridized carbons (Fsp3) is 0.316. The van der Waals surface area contributed by atoms with Crippen molar-refractivity contribution in [3.05, 3.63) is 53.1 Å². The van der Waals surface area contributed by atoms with Crippen LogP contribution in [0, 0.1) is 0 Å². The van der Waals surface area contributed by atoms with Crippen molar-refractivity contribution in [3.8, 4) is 11.5 Å². The molecule has 0 radical (unpaired) electrons. The van der Waals surface area contributed by atoms with E-state index in [1.54, 1.807) is 13.2 Å². The second-order valence-corrected chi connectivity index (χ2v) is 6.20. The Morgan fingerprint density at radius 3 is 2.38 bits per heavy atom. The van der Waals surface area contributed by atoms with Crippen LogP contribution in [0.3, 0.4) is 0 Å². The van der Waals surface area contributed by atoms with Gasteiger partial charge in [-0.1, -0.05) is 17.7 Å². The summed E-state index contributed by atoms with van der Waals surface area (Å²) in [5, 5.41) is 3.73. The van der Waals surface area contributed by atoms with E-state index in [4.69, 9.17) is 26.8 Å². The fourth-order valence-electron chi connectivity index (χ4n) is 2.23. The van der Waals surface area contributed by atoms with Crippen LogP contribution in [0.2, 0.25) is 5.02 Å². The van der Waals surface area contributed by atoms with E-state index in [0.29, 0.717) is 23.9 Å². The first-order chi connectivity index (χ1) is 12.0. The molecule has 0 fully saturated rings. The number of hydrogen-bond donors (Lipinski definition) is 2. The van der Waals surface area contributed by atoms with Gasteiger partial charge in [0, 0.05) is 17.3 Å². The van der Waals surface area contributed by atoms with Crippen molar-refractivity contribution in [2.45, 2.75) is 26.4 Å². The molecule has 7 heteroatoms. The smallest absolute Gasteiger partial charge is 0.193 e. The van der Waals surface area contributed by atoms with Crippen LogP contribution in [0.4, 0.5) is 5.69 Å². The average molecular weight is 490 g/mol. The highest BCUT2D eigenvalue weighted by Crippen LogP contribution is 2.22. The van der Waals surface area contributed by atoms with Gasteiger partial charge in [-0.15, -0.1) is 24.0 Å². The molecule has 0 heterocycles. The Balaban J connectivity index is 0.00000338. The predicted octanol–water partition coefficient (Wildman–Crippen LogP) is 4.72. The predicted molar refractivity (Wildman–Crippen MR) is 119 cm³/mol. The average Bonchev–Trinajstić information content (AvgIpc) is 2.57. The fourth-order valence-corrected chi connectivity index (χ4v) is 2.50. The van der Waals surface area contributed by atoms with Crippen molar-refractivity contribution >= 4 is 47.2 Å². The van der Waals surface area contributed by atoms with Crippen molar-refractivity contribution in [3.63, 3.8) is 0 Å². The number of rotatable bonds is 7. The molecule has 0 aromatic heterocycles. The highest BCUT2D eigenvalue weighted by Gasteiger charge is 2.03. The summed E-state index contributed by atoms with van der Waals surface area (Å²) in [6, 6.07) is 13.2. The number of nitrogens with one attached hydrogen (secondary N) is 1. The Morgan fingerprint density at radius 1 is 1.15 bits per heavy atom. The molecule has 5 nitrogen and oxygen atoms in total. The summed E-state index contributed by atoms with van der Waals surface area (Å²) in [6.45, 7) is 4.52. The van der Waals surface area contributed by atoms with Crippen molar-refractivity contribution in [1.82, 2.24) is 0 Å². The zero-order valence-electron chi connectivity index (χ0n) is 15.2. The molecule has 0 saturated heterocycles. The third kappa shape index (κ3) is 7.29. The van der Waals surface area contributed by atoms with Gasteiger partial charge in [-0.3, -0.25) is 4.99 Å². The summed E-state index contributed by atoms with van der Waals surface area (Å²) in [5.74, 6) is 1.93. The Labute approximate surface area is 177 Å². The van der Waals surface area contributed by atoms with E-state index in [2.05, 4.69) is 10.3 Å². The Hall–Kier alpha value is -1.67. The van der Waals surface area contributed by atoms with Crippen molar-refractivity contribution in [2.24, 2.45) is 10.7 Å². The Bertz CT molecular complexity index is 721. The largest absolute Gasteiger partial charge is 0.497 e. The first-order valence-corrected chi connectivity index (χ1v) is 8.52. The summed E-state index contributed by atoms with van der Waals surface area (Å²) in [4.78, 5) is 4.33. The van der Waals surface area contributed by atoms with Crippen LogP contribution < -0.4 is 20.5 Å². The lowest BCUT2D eigenvalue weighted by atomic mass is 10.1. The minimum Gasteiger partial charge on any atom is -0.497 e. The molecular formula is C19H25ClIN3O2. The number of benzene rings is 2. The van der Waals surface area contributed by atoms with Crippen molar-refractivity contribution in [1.29, 1.82) is 0 Å². The van der Waals surface area contributed by atoms with E-state index in [0.717, 1.165) is 22.7 Å². The highest BCUT2D eigenvalue weighted by molar-refractivity contribution is 14.0. The first-order valence-electron chi connectivity index (χ1n) is 8.14. The molecule has 2 rings (SSSR count). The summed E-state index contributed by atoms with van der Waals surface area (Å²) < 4.78 is 10.7. The van der Waals surface area contributed by atoms with Gasteiger partial charge in [-0.05, 0) is 62.2 Å². The minimum atomic E-state index is 0. The van der Waals surface area contributed by atoms with Gasteiger partial charge in [-0.25, -0.2) is 0 Å². The van der Waals surface area contributed by atoms with Gasteiger partial charge in [0.1, 0.15) is 11.5 Å². The highest BCUT2D eigenvalue weighted by atomic mass is 127. The number of halogens is 2. The summed E-state index contributed by atoms with van der Waals surface area (Å²) in [7, 11) is 1.61. The zero-order valence-corrected chi connectivity index (χ0v) is 18.2. The standard InChI is InChI=1S/C19H24ClN3O2.HI/c1-13(2)25-16-8-5-15(6-9-16)23-19(21)22-11-10-14-4-7-17(24-3)12-18(14)20;/h4-9,12-13H,10-11H2,1-3H3,(H3,21,22,23);1H. The molecule has 0 unspecified atom stereocenters. The lowest BCUT2D eigenvalue weighted by molar-refractivity contribution is 0.242. The van der Waals surface area contributed by atoms with Crippen LogP contribution in [0.1, 0.15) is 19.4 Å². The third-order valence-corrected chi connectivity index (χ3v) is 3.77. The van der Waals surface area contributed by atoms with Gasteiger partial charge in [0.25, 0.3) is 0 Å². The number of hydrogen-bond acceptors (Lipinski definition) is 3. The van der Waals surface area contributed by atoms with Crippen LogP contribution >= 0.6 is 35.6 Å². The van der Waals surface area contributed by atoms with E-state index in [-0.39, 0.29) is 30.1 Å². The molecule has 2 aromatic rings. The van der Waals surface area contributed by atoms with Gasteiger partial charge < -0.3 is 20.5 Å². The second-order valence-electron chi connectivity index (χ2n) is 5.79. The molecule has 3 N–H and O–H groups in total. The number of guanidine groups is 1. The molecule has 26 heavy (non-hydrogen) atoms. The molecule has 0 spiro atoms. The molecule has 0 atom stereocenters. The van der Waals surface area contributed by atoms with Crippen LogP contribution in [0.25, 0.3) is 0 Å². The maximum Gasteiger partial charge on any atom is 0.193 e. The van der Waals surface area contributed by atoms with Crippen LogP contribution in [-0.2, 0) is 6.42 Å². The van der Waals surface area contributed by atoms with E-state index in [1.165, 1.54) is 0 Å². The maximum atomic E-state index is 6.22. The summed E-state index contributed by atoms with van der Waals surface area (Å²) in [6.07, 6.45) is 0.849. The molecule has 2 aromatic carbocycles. The molecule has 0 aliphatic carbocycles. The number of methoxy groups -OCH3 is 1. The second kappa shape index (κ2) is 11.1. The Morgan fingerprint density at radius 2 is 1.81 bits per heavy atom. The monoisotopic (exact) mass is 489 g/mol. The lowest BCUT2D eigenvalue weighted by Crippen LogP contribution is -2.23. The van der Waals surface area contributed by atoms with Gasteiger partial charge in [-0.2, -0.15) is 0 Å². The van der Waals surface area contributed by atoms with Crippen molar-refractivity contribution in [2.75, 3.05) is 19.0 Å². The minimum absolute atomic E-state index is 0. The molecule has 142 valence electrons. The van der Waals surface area contributed by atoms with Crippen LogP contribution in [0.15, 0.2) is 47.5 Å². The topological polar surface area (TPSA) is 68.9 Å². The van der Waals surface area contributed by atoms with Gasteiger partial charge in [0.15, 0.2) is 5.96 Å². The molecule has 0 saturated carbocycles. The van der Waals surface area contributed by atoms with Crippen LogP contribution in [0.5, 0.6) is 11.5 Å². The van der Waals surface area contributed by atoms with Crippen LogP contribution in [-0.4, -0.2) is 25.7 Å². The number of nitrogens with zero attached hydrogens (tertiary/aromatic N) is 1. The van der Waals surface area contributed by atoms with E-state index in [9.17, 15) is 0 Å². The lowest BCUT2D eigenvalue weighted by Gasteiger charge is -2.11. The van der Waals surface area contributed by atoms with Gasteiger partial charge >= 0.3 is 0 Å². The first kappa shape index (κ1) is 22.4.